The second-order valence-electron chi connectivity index (χ2n) is 6.35. The molecule has 1 unspecified atom stereocenters. The number of aliphatic hydroxyl groups is 1. The van der Waals surface area contributed by atoms with E-state index in [0.29, 0.717) is 5.56 Å². The normalized spacial score (nSPS) is 11.8. The summed E-state index contributed by atoms with van der Waals surface area (Å²) >= 11 is 0. The molecule has 2 aromatic rings. The fourth-order valence-electron chi connectivity index (χ4n) is 2.85. The molecule has 138 valence electrons. The van der Waals surface area contributed by atoms with E-state index in [0.717, 1.165) is 48.9 Å². The van der Waals surface area contributed by atoms with Gasteiger partial charge in [-0.3, -0.25) is 4.79 Å². The van der Waals surface area contributed by atoms with Crippen LogP contribution in [-0.4, -0.2) is 28.2 Å². The monoisotopic (exact) mass is 355 g/mol. The van der Waals surface area contributed by atoms with Gasteiger partial charge in [-0.1, -0.05) is 42.8 Å². The maximum Gasteiger partial charge on any atom is 0.335 e. The largest absolute Gasteiger partial charge is 0.478 e. The number of hydrogen-bond acceptors (Lipinski definition) is 3. The van der Waals surface area contributed by atoms with Crippen LogP contribution in [-0.2, 0) is 17.6 Å². The first-order valence-corrected chi connectivity index (χ1v) is 8.87. The SMILES string of the molecule is CC(O)C(=O)Nc1ccccc1CCCCCc1ccccc1C(=O)O. The average Bonchev–Trinajstić information content (AvgIpc) is 2.62. The third-order valence-corrected chi connectivity index (χ3v) is 4.29. The van der Waals surface area contributed by atoms with Crippen LogP contribution in [0.5, 0.6) is 0 Å². The maximum absolute atomic E-state index is 11.7. The van der Waals surface area contributed by atoms with Gasteiger partial charge < -0.3 is 15.5 Å². The van der Waals surface area contributed by atoms with E-state index in [9.17, 15) is 19.8 Å². The number of carbonyl (C=O) groups excluding carboxylic acids is 1. The first kappa shape index (κ1) is 19.7. The first-order valence-electron chi connectivity index (χ1n) is 8.87. The van der Waals surface area contributed by atoms with Gasteiger partial charge in [0.15, 0.2) is 0 Å². The summed E-state index contributed by atoms with van der Waals surface area (Å²) in [7, 11) is 0. The Morgan fingerprint density at radius 3 is 2.15 bits per heavy atom. The molecule has 0 aliphatic rings. The van der Waals surface area contributed by atoms with Crippen molar-refractivity contribution in [3.8, 4) is 0 Å². The van der Waals surface area contributed by atoms with Gasteiger partial charge in [0.2, 0.25) is 0 Å². The van der Waals surface area contributed by atoms with Gasteiger partial charge in [-0.25, -0.2) is 4.79 Å². The van der Waals surface area contributed by atoms with E-state index >= 15 is 0 Å². The van der Waals surface area contributed by atoms with Gasteiger partial charge in [0, 0.05) is 5.69 Å². The highest BCUT2D eigenvalue weighted by atomic mass is 16.4. The smallest absolute Gasteiger partial charge is 0.335 e. The van der Waals surface area contributed by atoms with E-state index in [2.05, 4.69) is 5.32 Å². The number of benzene rings is 2. The molecular formula is C21H25NO4. The van der Waals surface area contributed by atoms with E-state index in [1.54, 1.807) is 12.1 Å². The van der Waals surface area contributed by atoms with Gasteiger partial charge in [-0.2, -0.15) is 0 Å². The average molecular weight is 355 g/mol. The van der Waals surface area contributed by atoms with Crippen molar-refractivity contribution in [1.29, 1.82) is 0 Å². The molecule has 0 aromatic heterocycles. The number of rotatable bonds is 9. The highest BCUT2D eigenvalue weighted by Crippen LogP contribution is 2.19. The zero-order chi connectivity index (χ0) is 18.9. The minimum atomic E-state index is -1.04. The van der Waals surface area contributed by atoms with Crippen molar-refractivity contribution in [2.75, 3.05) is 5.32 Å². The number of para-hydroxylation sites is 1. The van der Waals surface area contributed by atoms with Gasteiger partial charge in [0.1, 0.15) is 6.10 Å². The second kappa shape index (κ2) is 9.73. The van der Waals surface area contributed by atoms with Crippen molar-refractivity contribution in [2.45, 2.75) is 45.1 Å². The summed E-state index contributed by atoms with van der Waals surface area (Å²) < 4.78 is 0. The molecule has 0 bridgehead atoms. The molecule has 0 fully saturated rings. The van der Waals surface area contributed by atoms with Crippen LogP contribution < -0.4 is 5.32 Å². The summed E-state index contributed by atoms with van der Waals surface area (Å²) in [6.45, 7) is 1.44. The van der Waals surface area contributed by atoms with E-state index < -0.39 is 18.0 Å². The van der Waals surface area contributed by atoms with E-state index in [-0.39, 0.29) is 0 Å². The fourth-order valence-corrected chi connectivity index (χ4v) is 2.85. The van der Waals surface area contributed by atoms with Crippen molar-refractivity contribution in [3.63, 3.8) is 0 Å². The zero-order valence-corrected chi connectivity index (χ0v) is 14.9. The second-order valence-corrected chi connectivity index (χ2v) is 6.35. The molecule has 0 radical (unpaired) electrons. The molecule has 1 amide bonds. The molecule has 5 nitrogen and oxygen atoms in total. The Morgan fingerprint density at radius 2 is 1.50 bits per heavy atom. The molecule has 2 aromatic carbocycles. The number of anilines is 1. The lowest BCUT2D eigenvalue weighted by molar-refractivity contribution is -0.123. The Kier molecular flexibility index (Phi) is 7.36. The molecule has 0 saturated carbocycles. The lowest BCUT2D eigenvalue weighted by atomic mass is 9.99. The summed E-state index contributed by atoms with van der Waals surface area (Å²) in [4.78, 5) is 22.9. The maximum atomic E-state index is 11.7. The molecule has 3 N–H and O–H groups in total. The molecule has 0 saturated heterocycles. The van der Waals surface area contributed by atoms with Crippen LogP contribution in [0.3, 0.4) is 0 Å². The minimum Gasteiger partial charge on any atom is -0.478 e. The molecule has 2 rings (SSSR count). The number of nitrogens with one attached hydrogen (secondary N) is 1. The number of unbranched alkanes of at least 4 members (excludes halogenated alkanes) is 2. The van der Waals surface area contributed by atoms with Crippen LogP contribution in [0.15, 0.2) is 48.5 Å². The van der Waals surface area contributed by atoms with Crippen LogP contribution in [0.25, 0.3) is 0 Å². The quantitative estimate of drug-likeness (QED) is 0.599. The lowest BCUT2D eigenvalue weighted by Crippen LogP contribution is -2.25. The Hall–Kier alpha value is -2.66. The number of hydrogen-bond donors (Lipinski definition) is 3. The van der Waals surface area contributed by atoms with Crippen LogP contribution in [0.4, 0.5) is 5.69 Å². The summed E-state index contributed by atoms with van der Waals surface area (Å²) in [5.41, 5.74) is 3.00. The number of amides is 1. The van der Waals surface area contributed by atoms with Gasteiger partial charge in [-0.05, 0) is 55.9 Å². The fraction of sp³-hybridized carbons (Fsp3) is 0.333. The summed E-state index contributed by atoms with van der Waals surface area (Å²) in [6.07, 6.45) is 3.33. The highest BCUT2D eigenvalue weighted by Gasteiger charge is 2.11. The van der Waals surface area contributed by atoms with Crippen molar-refractivity contribution >= 4 is 17.6 Å². The van der Waals surface area contributed by atoms with E-state index in [1.165, 1.54) is 6.92 Å². The standard InChI is InChI=1S/C21H25NO4/c1-15(23)20(24)22-19-14-8-6-12-17(19)11-4-2-3-9-16-10-5-7-13-18(16)21(25)26/h5-8,10,12-15,23H,2-4,9,11H2,1H3,(H,22,24)(H,25,26). The summed E-state index contributed by atoms with van der Waals surface area (Å²) in [5.74, 6) is -1.30. The van der Waals surface area contributed by atoms with E-state index in [4.69, 9.17) is 0 Å². The Balaban J connectivity index is 1.84. The molecule has 0 aliphatic carbocycles. The Morgan fingerprint density at radius 1 is 0.923 bits per heavy atom. The van der Waals surface area contributed by atoms with Gasteiger partial charge in [0.25, 0.3) is 5.91 Å². The number of carboxylic acid groups (broad SMARTS) is 1. The minimum absolute atomic E-state index is 0.374. The molecule has 0 spiro atoms. The number of aliphatic hydroxyl groups excluding tert-OH is 1. The van der Waals surface area contributed by atoms with E-state index in [1.807, 2.05) is 36.4 Å². The molecule has 5 heteroatoms. The van der Waals surface area contributed by atoms with Crippen LogP contribution in [0.1, 0.15) is 47.7 Å². The molecular weight excluding hydrogens is 330 g/mol. The predicted molar refractivity (Wildman–Crippen MR) is 101 cm³/mol. The lowest BCUT2D eigenvalue weighted by Gasteiger charge is -2.12. The number of carbonyl (C=O) groups is 2. The highest BCUT2D eigenvalue weighted by molar-refractivity contribution is 5.94. The van der Waals surface area contributed by atoms with Crippen molar-refractivity contribution in [1.82, 2.24) is 0 Å². The number of aromatic carboxylic acids is 1. The van der Waals surface area contributed by atoms with Crippen molar-refractivity contribution < 1.29 is 19.8 Å². The summed E-state index contributed by atoms with van der Waals surface area (Å²) in [6, 6.07) is 14.7. The molecule has 1 atom stereocenters. The zero-order valence-electron chi connectivity index (χ0n) is 14.9. The molecule has 0 heterocycles. The van der Waals surface area contributed by atoms with Gasteiger partial charge in [0.05, 0.1) is 5.56 Å². The Labute approximate surface area is 153 Å². The number of carboxylic acids is 1. The Bertz CT molecular complexity index is 755. The van der Waals surface area contributed by atoms with Crippen molar-refractivity contribution in [2.24, 2.45) is 0 Å². The van der Waals surface area contributed by atoms with Crippen LogP contribution in [0, 0.1) is 0 Å². The topological polar surface area (TPSA) is 86.6 Å². The van der Waals surface area contributed by atoms with Crippen LogP contribution >= 0.6 is 0 Å². The molecule has 26 heavy (non-hydrogen) atoms. The third-order valence-electron chi connectivity index (χ3n) is 4.29. The van der Waals surface area contributed by atoms with Gasteiger partial charge >= 0.3 is 5.97 Å². The van der Waals surface area contributed by atoms with Gasteiger partial charge in [-0.15, -0.1) is 0 Å². The summed E-state index contributed by atoms with van der Waals surface area (Å²) in [5, 5.41) is 21.3. The van der Waals surface area contributed by atoms with Crippen molar-refractivity contribution in [3.05, 3.63) is 65.2 Å². The van der Waals surface area contributed by atoms with Crippen LogP contribution in [0.2, 0.25) is 0 Å². The predicted octanol–water partition coefficient (Wildman–Crippen LogP) is 3.66. The molecule has 0 aliphatic heterocycles. The first-order chi connectivity index (χ1) is 12.5. The third kappa shape index (κ3) is 5.70. The number of aryl methyl sites for hydroxylation is 2.